The molecular formula is C20H20N4O2S. The van der Waals surface area contributed by atoms with Crippen LogP contribution in [0.25, 0.3) is 17.5 Å². The van der Waals surface area contributed by atoms with Crippen molar-refractivity contribution in [3.63, 3.8) is 0 Å². The number of hydrogen-bond donors (Lipinski definition) is 1. The third-order valence-electron chi connectivity index (χ3n) is 4.61. The number of aromatic nitrogens is 3. The van der Waals surface area contributed by atoms with E-state index in [0.29, 0.717) is 18.2 Å². The van der Waals surface area contributed by atoms with Crippen LogP contribution in [0.4, 0.5) is 0 Å². The fourth-order valence-corrected chi connectivity index (χ4v) is 4.69. The lowest BCUT2D eigenvalue weighted by molar-refractivity contribution is 0.389. The Labute approximate surface area is 158 Å². The molecule has 4 rings (SSSR count). The molecule has 27 heavy (non-hydrogen) atoms. The topological polar surface area (TPSA) is 79.0 Å². The molecule has 6 nitrogen and oxygen atoms in total. The van der Waals surface area contributed by atoms with Crippen molar-refractivity contribution in [1.29, 1.82) is 0 Å². The fourth-order valence-electron chi connectivity index (χ4n) is 3.26. The van der Waals surface area contributed by atoms with Gasteiger partial charge in [-0.2, -0.15) is 9.40 Å². The monoisotopic (exact) mass is 380 g/mol. The van der Waals surface area contributed by atoms with Crippen LogP contribution in [0, 0.1) is 0 Å². The van der Waals surface area contributed by atoms with Crippen LogP contribution in [0.1, 0.15) is 30.3 Å². The zero-order valence-electron chi connectivity index (χ0n) is 14.7. The van der Waals surface area contributed by atoms with Crippen molar-refractivity contribution in [2.24, 2.45) is 0 Å². The second-order valence-corrected chi connectivity index (χ2v) is 8.21. The molecule has 0 spiro atoms. The standard InChI is InChI=1S/C20H20N4O2S/c25-27(26,15-13-16-8-3-1-4-9-16)24-14-7-12-18(24)20-21-19(22-23-20)17-10-5-2-6-11-17/h1-6,8-11,13,15,18H,7,12,14H2,(H,21,22,23). The number of nitrogens with zero attached hydrogens (tertiary/aromatic N) is 3. The van der Waals surface area contributed by atoms with Gasteiger partial charge in [-0.05, 0) is 24.5 Å². The predicted molar refractivity (Wildman–Crippen MR) is 105 cm³/mol. The summed E-state index contributed by atoms with van der Waals surface area (Å²) in [6.07, 6.45) is 3.15. The lowest BCUT2D eigenvalue weighted by Gasteiger charge is -2.20. The summed E-state index contributed by atoms with van der Waals surface area (Å²) in [5, 5.41) is 8.47. The Morgan fingerprint density at radius 3 is 2.48 bits per heavy atom. The lowest BCUT2D eigenvalue weighted by atomic mass is 10.2. The van der Waals surface area contributed by atoms with Gasteiger partial charge >= 0.3 is 0 Å². The normalized spacial score (nSPS) is 18.3. The molecule has 138 valence electrons. The maximum Gasteiger partial charge on any atom is 0.236 e. The molecule has 1 N–H and O–H groups in total. The van der Waals surface area contributed by atoms with Gasteiger partial charge in [-0.15, -0.1) is 0 Å². The first-order valence-corrected chi connectivity index (χ1v) is 10.4. The zero-order chi connectivity index (χ0) is 18.7. The van der Waals surface area contributed by atoms with Gasteiger partial charge in [0, 0.05) is 17.5 Å². The molecule has 1 aliphatic rings. The highest BCUT2D eigenvalue weighted by Crippen LogP contribution is 2.33. The second-order valence-electron chi connectivity index (χ2n) is 6.44. The van der Waals surface area contributed by atoms with Gasteiger partial charge in [-0.1, -0.05) is 60.7 Å². The number of rotatable bonds is 5. The van der Waals surface area contributed by atoms with E-state index in [2.05, 4.69) is 15.2 Å². The molecule has 0 amide bonds. The molecule has 0 aliphatic carbocycles. The van der Waals surface area contributed by atoms with Crippen molar-refractivity contribution < 1.29 is 8.42 Å². The van der Waals surface area contributed by atoms with E-state index in [1.807, 2.05) is 60.7 Å². The van der Waals surface area contributed by atoms with Crippen molar-refractivity contribution in [3.8, 4) is 11.4 Å². The molecule has 7 heteroatoms. The molecule has 1 aliphatic heterocycles. The highest BCUT2D eigenvalue weighted by molar-refractivity contribution is 7.92. The molecule has 3 aromatic rings. The maximum atomic E-state index is 12.8. The van der Waals surface area contributed by atoms with Crippen molar-refractivity contribution in [1.82, 2.24) is 19.5 Å². The Balaban J connectivity index is 1.57. The third-order valence-corrected chi connectivity index (χ3v) is 6.18. The van der Waals surface area contributed by atoms with Gasteiger partial charge in [-0.3, -0.25) is 5.10 Å². The van der Waals surface area contributed by atoms with Crippen molar-refractivity contribution in [2.45, 2.75) is 18.9 Å². The summed E-state index contributed by atoms with van der Waals surface area (Å²) < 4.78 is 27.2. The number of benzene rings is 2. The summed E-state index contributed by atoms with van der Waals surface area (Å²) in [4.78, 5) is 4.55. The minimum absolute atomic E-state index is 0.319. The van der Waals surface area contributed by atoms with Gasteiger partial charge < -0.3 is 0 Å². The number of aromatic amines is 1. The van der Waals surface area contributed by atoms with E-state index in [-0.39, 0.29) is 6.04 Å². The first-order chi connectivity index (χ1) is 13.1. The van der Waals surface area contributed by atoms with E-state index < -0.39 is 10.0 Å². The van der Waals surface area contributed by atoms with Gasteiger partial charge in [0.25, 0.3) is 0 Å². The Morgan fingerprint density at radius 2 is 1.74 bits per heavy atom. The minimum Gasteiger partial charge on any atom is -0.261 e. The van der Waals surface area contributed by atoms with Gasteiger partial charge in [0.2, 0.25) is 10.0 Å². The molecule has 1 saturated heterocycles. The lowest BCUT2D eigenvalue weighted by Crippen LogP contribution is -2.29. The molecule has 1 fully saturated rings. The predicted octanol–water partition coefficient (Wildman–Crippen LogP) is 3.61. The average Bonchev–Trinajstić information content (AvgIpc) is 3.38. The summed E-state index contributed by atoms with van der Waals surface area (Å²) in [5.74, 6) is 1.16. The van der Waals surface area contributed by atoms with Crippen molar-refractivity contribution >= 4 is 16.1 Å². The van der Waals surface area contributed by atoms with Crippen LogP contribution in [0.15, 0.2) is 66.1 Å². The van der Waals surface area contributed by atoms with E-state index in [0.717, 1.165) is 24.0 Å². The Morgan fingerprint density at radius 1 is 1.04 bits per heavy atom. The van der Waals surface area contributed by atoms with Gasteiger partial charge in [0.15, 0.2) is 5.82 Å². The van der Waals surface area contributed by atoms with Crippen LogP contribution in [-0.2, 0) is 10.0 Å². The summed E-state index contributed by atoms with van der Waals surface area (Å²) in [7, 11) is -3.55. The number of hydrogen-bond acceptors (Lipinski definition) is 4. The molecule has 1 unspecified atom stereocenters. The first kappa shape index (κ1) is 17.6. The molecular weight excluding hydrogens is 360 g/mol. The van der Waals surface area contributed by atoms with Crippen LogP contribution in [0.5, 0.6) is 0 Å². The number of nitrogens with one attached hydrogen (secondary N) is 1. The van der Waals surface area contributed by atoms with E-state index in [1.54, 1.807) is 6.08 Å². The van der Waals surface area contributed by atoms with Crippen LogP contribution in [0.2, 0.25) is 0 Å². The fraction of sp³-hybridized carbons (Fsp3) is 0.200. The molecule has 0 bridgehead atoms. The largest absolute Gasteiger partial charge is 0.261 e. The van der Waals surface area contributed by atoms with E-state index in [4.69, 9.17) is 0 Å². The Kier molecular flexibility index (Phi) is 4.87. The molecule has 1 atom stereocenters. The summed E-state index contributed by atoms with van der Waals surface area (Å²) in [6.45, 7) is 0.480. The van der Waals surface area contributed by atoms with Gasteiger partial charge in [0.1, 0.15) is 5.82 Å². The van der Waals surface area contributed by atoms with Crippen LogP contribution in [0.3, 0.4) is 0 Å². The highest BCUT2D eigenvalue weighted by Gasteiger charge is 2.36. The average molecular weight is 380 g/mol. The Bertz CT molecular complexity index is 1030. The quantitative estimate of drug-likeness (QED) is 0.733. The van der Waals surface area contributed by atoms with Crippen molar-refractivity contribution in [2.75, 3.05) is 6.54 Å². The SMILES string of the molecule is O=S(=O)(C=Cc1ccccc1)N1CCCC1c1nc(-c2ccccc2)n[nH]1. The maximum absolute atomic E-state index is 12.8. The molecule has 2 heterocycles. The highest BCUT2D eigenvalue weighted by atomic mass is 32.2. The molecule has 2 aromatic carbocycles. The summed E-state index contributed by atoms with van der Waals surface area (Å²) in [6, 6.07) is 18.7. The zero-order valence-corrected chi connectivity index (χ0v) is 15.5. The number of sulfonamides is 1. The summed E-state index contributed by atoms with van der Waals surface area (Å²) >= 11 is 0. The van der Waals surface area contributed by atoms with Crippen LogP contribution < -0.4 is 0 Å². The van der Waals surface area contributed by atoms with E-state index in [1.165, 1.54) is 9.71 Å². The molecule has 0 saturated carbocycles. The Hall–Kier alpha value is -2.77. The second kappa shape index (κ2) is 7.46. The van der Waals surface area contributed by atoms with Gasteiger partial charge in [0.05, 0.1) is 6.04 Å². The van der Waals surface area contributed by atoms with Crippen LogP contribution in [-0.4, -0.2) is 34.4 Å². The van der Waals surface area contributed by atoms with Gasteiger partial charge in [-0.25, -0.2) is 13.4 Å². The first-order valence-electron chi connectivity index (χ1n) is 8.86. The van der Waals surface area contributed by atoms with E-state index in [9.17, 15) is 8.42 Å². The van der Waals surface area contributed by atoms with Crippen molar-refractivity contribution in [3.05, 3.63) is 77.5 Å². The number of H-pyrrole nitrogens is 1. The smallest absolute Gasteiger partial charge is 0.236 e. The third kappa shape index (κ3) is 3.84. The molecule has 1 aromatic heterocycles. The minimum atomic E-state index is -3.55. The summed E-state index contributed by atoms with van der Waals surface area (Å²) in [5.41, 5.74) is 1.75. The van der Waals surface area contributed by atoms with E-state index >= 15 is 0 Å². The molecule has 0 radical (unpaired) electrons. The van der Waals surface area contributed by atoms with Crippen LogP contribution >= 0.6 is 0 Å².